The Morgan fingerprint density at radius 3 is 2.33 bits per heavy atom. The lowest BCUT2D eigenvalue weighted by Crippen LogP contribution is -2.48. The normalized spacial score (nSPS) is 18.3. The highest BCUT2D eigenvalue weighted by atomic mass is 32.2. The maximum Gasteiger partial charge on any atom is 0.260 e. The van der Waals surface area contributed by atoms with Gasteiger partial charge in [0.2, 0.25) is 10.0 Å². The lowest BCUT2D eigenvalue weighted by Gasteiger charge is -2.34. The first-order chi connectivity index (χ1) is 18.7. The number of benzene rings is 2. The molecule has 0 saturated carbocycles. The predicted octanol–water partition coefficient (Wildman–Crippen LogP) is 4.55. The van der Waals surface area contributed by atoms with E-state index in [0.29, 0.717) is 33.5 Å². The van der Waals surface area contributed by atoms with Gasteiger partial charge in [-0.25, -0.2) is 13.4 Å². The molecule has 2 aromatic carbocycles. The van der Waals surface area contributed by atoms with Gasteiger partial charge in [-0.1, -0.05) is 11.3 Å². The van der Waals surface area contributed by atoms with Crippen molar-refractivity contribution in [1.82, 2.24) is 9.29 Å². The third-order valence-corrected chi connectivity index (χ3v) is 9.33. The molecule has 0 aliphatic carbocycles. The van der Waals surface area contributed by atoms with Gasteiger partial charge in [0.15, 0.2) is 5.13 Å². The molecule has 0 spiro atoms. The molecule has 0 N–H and O–H groups in total. The van der Waals surface area contributed by atoms with Crippen LogP contribution >= 0.6 is 11.3 Å². The highest BCUT2D eigenvalue weighted by Gasteiger charge is 2.32. The number of sulfonamides is 1. The number of carbonyl (C=O) groups is 1. The molecule has 1 amide bonds. The van der Waals surface area contributed by atoms with Crippen LogP contribution in [-0.4, -0.2) is 63.1 Å². The predicted molar refractivity (Wildman–Crippen MR) is 147 cm³/mol. The van der Waals surface area contributed by atoms with Crippen molar-refractivity contribution >= 4 is 42.6 Å². The maximum absolute atomic E-state index is 13.8. The Morgan fingerprint density at radius 1 is 1.05 bits per heavy atom. The number of hydrogen-bond donors (Lipinski definition) is 0. The van der Waals surface area contributed by atoms with Crippen molar-refractivity contribution in [3.8, 4) is 11.5 Å². The van der Waals surface area contributed by atoms with Crippen molar-refractivity contribution in [3.63, 3.8) is 0 Å². The van der Waals surface area contributed by atoms with Crippen LogP contribution in [0.5, 0.6) is 11.5 Å². The molecule has 0 radical (unpaired) electrons. The van der Waals surface area contributed by atoms with Gasteiger partial charge in [-0.3, -0.25) is 9.69 Å². The Bertz CT molecular complexity index is 1520. The number of morpholine rings is 1. The van der Waals surface area contributed by atoms with Gasteiger partial charge in [-0.15, -0.1) is 0 Å². The SMILES string of the molecule is COc1ccc(OC)c2sc(N(Cc3ccco3)C(=O)c3ccc(S(=O)(=O)N4CC(C)OC(C)C4)cc3)nc12. The van der Waals surface area contributed by atoms with Crippen LogP contribution in [0.3, 0.4) is 0 Å². The largest absolute Gasteiger partial charge is 0.495 e. The fraction of sp³-hybridized carbons (Fsp3) is 0.333. The molecular weight excluding hydrogens is 542 g/mol. The molecule has 1 aliphatic rings. The number of amides is 1. The number of methoxy groups -OCH3 is 2. The lowest BCUT2D eigenvalue weighted by atomic mass is 10.2. The Hall–Kier alpha value is -3.45. The fourth-order valence-corrected chi connectivity index (χ4v) is 7.24. The first-order valence-corrected chi connectivity index (χ1v) is 14.6. The minimum absolute atomic E-state index is 0.118. The summed E-state index contributed by atoms with van der Waals surface area (Å²) in [5.74, 6) is 1.37. The van der Waals surface area contributed by atoms with Crippen LogP contribution in [0.2, 0.25) is 0 Å². The molecule has 1 aliphatic heterocycles. The van der Waals surface area contributed by atoms with E-state index < -0.39 is 10.0 Å². The molecule has 1 saturated heterocycles. The topological polar surface area (TPSA) is 111 Å². The van der Waals surface area contributed by atoms with Gasteiger partial charge in [0.05, 0.1) is 44.1 Å². The molecule has 2 aromatic heterocycles. The molecule has 5 rings (SSSR count). The van der Waals surface area contributed by atoms with Crippen LogP contribution in [0.15, 0.2) is 64.1 Å². The Morgan fingerprint density at radius 2 is 1.72 bits per heavy atom. The number of aromatic nitrogens is 1. The number of hydrogen-bond acceptors (Lipinski definition) is 9. The third kappa shape index (κ3) is 5.37. The van der Waals surface area contributed by atoms with E-state index in [1.165, 1.54) is 51.1 Å². The van der Waals surface area contributed by atoms with Crippen molar-refractivity contribution in [1.29, 1.82) is 0 Å². The average Bonchev–Trinajstić information content (AvgIpc) is 3.60. The summed E-state index contributed by atoms with van der Waals surface area (Å²) >= 11 is 1.29. The maximum atomic E-state index is 13.8. The zero-order valence-corrected chi connectivity index (χ0v) is 23.6. The van der Waals surface area contributed by atoms with Gasteiger partial charge in [0.25, 0.3) is 5.91 Å². The molecule has 206 valence electrons. The first kappa shape index (κ1) is 27.1. The smallest absolute Gasteiger partial charge is 0.260 e. The number of rotatable bonds is 8. The van der Waals surface area contributed by atoms with E-state index in [9.17, 15) is 13.2 Å². The standard InChI is InChI=1S/C27H29N3O7S2/c1-17-14-29(15-18(2)37-17)39(32,33)21-9-7-19(8-10-21)26(31)30(16-20-6-5-13-36-20)27-28-24-22(34-3)11-12-23(35-4)25(24)38-27/h5-13,17-18H,14-16H2,1-4H3. The second kappa shape index (κ2) is 11.0. The van der Waals surface area contributed by atoms with Gasteiger partial charge in [-0.05, 0) is 62.4 Å². The summed E-state index contributed by atoms with van der Waals surface area (Å²) in [6.07, 6.45) is 1.13. The minimum Gasteiger partial charge on any atom is -0.495 e. The van der Waals surface area contributed by atoms with Crippen LogP contribution in [0.4, 0.5) is 5.13 Å². The average molecular weight is 572 g/mol. The van der Waals surface area contributed by atoms with E-state index in [0.717, 1.165) is 4.70 Å². The second-order valence-corrected chi connectivity index (χ2v) is 12.1. The molecule has 10 nitrogen and oxygen atoms in total. The van der Waals surface area contributed by atoms with Crippen LogP contribution in [0.25, 0.3) is 10.2 Å². The minimum atomic E-state index is -3.74. The van der Waals surface area contributed by atoms with Crippen molar-refractivity contribution < 1.29 is 31.8 Å². The Balaban J connectivity index is 1.49. The van der Waals surface area contributed by atoms with Crippen LogP contribution in [-0.2, 0) is 21.3 Å². The molecular formula is C27H29N3O7S2. The summed E-state index contributed by atoms with van der Waals surface area (Å²) in [6.45, 7) is 4.37. The lowest BCUT2D eigenvalue weighted by molar-refractivity contribution is -0.0440. The number of anilines is 1. The van der Waals surface area contributed by atoms with E-state index in [2.05, 4.69) is 0 Å². The van der Waals surface area contributed by atoms with Crippen molar-refractivity contribution in [2.75, 3.05) is 32.2 Å². The summed E-state index contributed by atoms with van der Waals surface area (Å²) in [5, 5.41) is 0.419. The van der Waals surface area contributed by atoms with E-state index in [-0.39, 0.29) is 42.6 Å². The number of ether oxygens (including phenoxy) is 3. The van der Waals surface area contributed by atoms with Crippen LogP contribution in [0.1, 0.15) is 30.0 Å². The molecule has 3 heterocycles. The number of thiazole rings is 1. The van der Waals surface area contributed by atoms with E-state index >= 15 is 0 Å². The third-order valence-electron chi connectivity index (χ3n) is 6.39. The van der Waals surface area contributed by atoms with Crippen molar-refractivity contribution in [3.05, 3.63) is 66.1 Å². The highest BCUT2D eigenvalue weighted by Crippen LogP contribution is 2.40. The first-order valence-electron chi connectivity index (χ1n) is 12.3. The van der Waals surface area contributed by atoms with Crippen LogP contribution < -0.4 is 14.4 Å². The molecule has 1 fully saturated rings. The summed E-state index contributed by atoms with van der Waals surface area (Å²) in [7, 11) is -0.616. The van der Waals surface area contributed by atoms with Gasteiger partial charge in [0, 0.05) is 18.7 Å². The highest BCUT2D eigenvalue weighted by molar-refractivity contribution is 7.89. The molecule has 39 heavy (non-hydrogen) atoms. The number of fused-ring (bicyclic) bond motifs is 1. The Kier molecular flexibility index (Phi) is 7.63. The second-order valence-electron chi connectivity index (χ2n) is 9.22. The number of nitrogens with zero attached hydrogens (tertiary/aromatic N) is 3. The number of furan rings is 1. The fourth-order valence-electron chi connectivity index (χ4n) is 4.58. The summed E-state index contributed by atoms with van der Waals surface area (Å²) in [6, 6.07) is 13.0. The summed E-state index contributed by atoms with van der Waals surface area (Å²) < 4.78 is 50.9. The van der Waals surface area contributed by atoms with Crippen LogP contribution in [0, 0.1) is 0 Å². The van der Waals surface area contributed by atoms with Gasteiger partial charge in [-0.2, -0.15) is 4.31 Å². The van der Waals surface area contributed by atoms with Gasteiger partial charge in [0.1, 0.15) is 27.5 Å². The van der Waals surface area contributed by atoms with Crippen molar-refractivity contribution in [2.45, 2.75) is 37.5 Å². The zero-order valence-electron chi connectivity index (χ0n) is 22.0. The number of carbonyl (C=O) groups excluding carboxylic acids is 1. The van der Waals surface area contributed by atoms with Gasteiger partial charge >= 0.3 is 0 Å². The Labute approximate surface area is 230 Å². The van der Waals surface area contributed by atoms with E-state index in [1.54, 1.807) is 38.5 Å². The molecule has 2 atom stereocenters. The monoisotopic (exact) mass is 571 g/mol. The molecule has 12 heteroatoms. The van der Waals surface area contributed by atoms with Gasteiger partial charge < -0.3 is 18.6 Å². The molecule has 0 bridgehead atoms. The molecule has 2 unspecified atom stereocenters. The summed E-state index contributed by atoms with van der Waals surface area (Å²) in [4.78, 5) is 20.1. The molecule has 4 aromatic rings. The quantitative estimate of drug-likeness (QED) is 0.303. The zero-order chi connectivity index (χ0) is 27.7. The summed E-state index contributed by atoms with van der Waals surface area (Å²) in [5.41, 5.74) is 0.881. The van der Waals surface area contributed by atoms with Crippen molar-refractivity contribution in [2.24, 2.45) is 0 Å². The van der Waals surface area contributed by atoms with E-state index in [4.69, 9.17) is 23.6 Å². The van der Waals surface area contributed by atoms with E-state index in [1.807, 2.05) is 13.8 Å².